The molecule has 1 aromatic carbocycles. The number of methoxy groups -OCH3 is 1. The normalized spacial score (nSPS) is 11.0. The third-order valence-electron chi connectivity index (χ3n) is 4.05. The van der Waals surface area contributed by atoms with Gasteiger partial charge >= 0.3 is 5.69 Å². The Kier molecular flexibility index (Phi) is 5.82. The molecule has 0 radical (unpaired) electrons. The molecule has 0 unspecified atom stereocenters. The Bertz CT molecular complexity index is 1090. The lowest BCUT2D eigenvalue weighted by molar-refractivity contribution is -0.121. The van der Waals surface area contributed by atoms with Crippen molar-refractivity contribution in [2.75, 3.05) is 20.3 Å². The highest BCUT2D eigenvalue weighted by atomic mass is 32.1. The number of hydrogen-bond donors (Lipinski definition) is 1. The molecule has 0 atom stereocenters. The maximum Gasteiger partial charge on any atom is 0.332 e. The number of hydrogen-bond acceptors (Lipinski definition) is 5. The van der Waals surface area contributed by atoms with Crippen LogP contribution in [-0.4, -0.2) is 35.3 Å². The van der Waals surface area contributed by atoms with Crippen LogP contribution >= 0.6 is 11.3 Å². The molecular formula is C18H18FN3O4S. The number of aromatic nitrogens is 2. The predicted molar refractivity (Wildman–Crippen MR) is 101 cm³/mol. The van der Waals surface area contributed by atoms with Crippen LogP contribution in [0.25, 0.3) is 10.2 Å². The van der Waals surface area contributed by atoms with Gasteiger partial charge in [0.15, 0.2) is 0 Å². The molecule has 0 saturated heterocycles. The second-order valence-electron chi connectivity index (χ2n) is 5.83. The zero-order valence-corrected chi connectivity index (χ0v) is 15.4. The first-order valence-corrected chi connectivity index (χ1v) is 9.10. The minimum absolute atomic E-state index is 0.205. The van der Waals surface area contributed by atoms with Crippen LogP contribution in [0.5, 0.6) is 0 Å². The number of halogens is 1. The Balaban J connectivity index is 2.02. The van der Waals surface area contributed by atoms with Gasteiger partial charge < -0.3 is 10.1 Å². The van der Waals surface area contributed by atoms with Gasteiger partial charge in [0.25, 0.3) is 5.56 Å². The molecule has 2 heterocycles. The topological polar surface area (TPSA) is 82.3 Å². The van der Waals surface area contributed by atoms with E-state index in [1.807, 2.05) is 0 Å². The molecule has 0 saturated carbocycles. The van der Waals surface area contributed by atoms with Gasteiger partial charge in [-0.3, -0.25) is 18.7 Å². The second-order valence-corrected chi connectivity index (χ2v) is 6.75. The number of carbonyl (C=O) groups is 1. The molecule has 1 amide bonds. The van der Waals surface area contributed by atoms with Crippen LogP contribution in [0, 0.1) is 5.82 Å². The van der Waals surface area contributed by atoms with Gasteiger partial charge in [-0.25, -0.2) is 9.18 Å². The van der Waals surface area contributed by atoms with Gasteiger partial charge in [0.05, 0.1) is 18.7 Å². The summed E-state index contributed by atoms with van der Waals surface area (Å²) >= 11 is 1.18. The zero-order valence-electron chi connectivity index (χ0n) is 14.6. The number of nitrogens with one attached hydrogen (secondary N) is 1. The standard InChI is InChI=1S/C18H18FN3O4S/c1-26-8-7-20-15(23)11-21-14-6-9-27-16(14)17(24)22(18(21)25)10-12-4-2-3-5-13(12)19/h2-6,9H,7-8,10-11H2,1H3,(H,20,23). The van der Waals surface area contributed by atoms with Crippen LogP contribution in [0.3, 0.4) is 0 Å². The van der Waals surface area contributed by atoms with E-state index in [1.165, 1.54) is 41.2 Å². The second kappa shape index (κ2) is 8.28. The molecule has 27 heavy (non-hydrogen) atoms. The van der Waals surface area contributed by atoms with Gasteiger partial charge in [0.2, 0.25) is 5.91 Å². The summed E-state index contributed by atoms with van der Waals surface area (Å²) in [4.78, 5) is 37.7. The number of thiophene rings is 1. The molecular weight excluding hydrogens is 373 g/mol. The lowest BCUT2D eigenvalue weighted by Crippen LogP contribution is -2.42. The molecule has 0 fully saturated rings. The fourth-order valence-electron chi connectivity index (χ4n) is 2.71. The predicted octanol–water partition coefficient (Wildman–Crippen LogP) is 1.17. The minimum atomic E-state index is -0.656. The highest BCUT2D eigenvalue weighted by Crippen LogP contribution is 2.16. The van der Waals surface area contributed by atoms with Crippen LogP contribution in [-0.2, 0) is 22.6 Å². The van der Waals surface area contributed by atoms with Crippen molar-refractivity contribution in [3.05, 3.63) is 67.9 Å². The summed E-state index contributed by atoms with van der Waals surface area (Å²) in [5, 5.41) is 4.32. The fraction of sp³-hybridized carbons (Fsp3) is 0.278. The SMILES string of the molecule is COCCNC(=O)Cn1c(=O)n(Cc2ccccc2F)c(=O)c2sccc21. The largest absolute Gasteiger partial charge is 0.383 e. The maximum absolute atomic E-state index is 14.0. The molecule has 0 aliphatic rings. The first-order chi connectivity index (χ1) is 13.0. The van der Waals surface area contributed by atoms with E-state index < -0.39 is 17.1 Å². The average Bonchev–Trinajstić information content (AvgIpc) is 3.14. The highest BCUT2D eigenvalue weighted by Gasteiger charge is 2.17. The number of carbonyl (C=O) groups excluding carboxylic acids is 1. The van der Waals surface area contributed by atoms with Crippen LogP contribution < -0.4 is 16.6 Å². The Hall–Kier alpha value is -2.78. The molecule has 0 spiro atoms. The van der Waals surface area contributed by atoms with Crippen molar-refractivity contribution < 1.29 is 13.9 Å². The van der Waals surface area contributed by atoms with E-state index in [9.17, 15) is 18.8 Å². The van der Waals surface area contributed by atoms with E-state index in [-0.39, 0.29) is 24.6 Å². The molecule has 1 N–H and O–H groups in total. The number of benzene rings is 1. The van der Waals surface area contributed by atoms with Crippen LogP contribution in [0.4, 0.5) is 4.39 Å². The fourth-order valence-corrected chi connectivity index (χ4v) is 3.56. The number of amides is 1. The van der Waals surface area contributed by atoms with Crippen molar-refractivity contribution in [1.82, 2.24) is 14.5 Å². The lowest BCUT2D eigenvalue weighted by atomic mass is 10.2. The van der Waals surface area contributed by atoms with Crippen molar-refractivity contribution in [1.29, 1.82) is 0 Å². The van der Waals surface area contributed by atoms with Gasteiger partial charge in [0, 0.05) is 19.2 Å². The number of nitrogens with zero attached hydrogens (tertiary/aromatic N) is 2. The van der Waals surface area contributed by atoms with Crippen LogP contribution in [0.1, 0.15) is 5.56 Å². The first kappa shape index (κ1) is 19.0. The molecule has 0 bridgehead atoms. The number of ether oxygens (including phenoxy) is 1. The summed E-state index contributed by atoms with van der Waals surface area (Å²) in [7, 11) is 1.52. The molecule has 7 nitrogen and oxygen atoms in total. The quantitative estimate of drug-likeness (QED) is 0.613. The Morgan fingerprint density at radius 1 is 1.22 bits per heavy atom. The van der Waals surface area contributed by atoms with Gasteiger partial charge in [-0.1, -0.05) is 18.2 Å². The van der Waals surface area contributed by atoms with E-state index in [4.69, 9.17) is 4.74 Å². The monoisotopic (exact) mass is 391 g/mol. The Labute approximate surface area is 157 Å². The molecule has 3 aromatic rings. The van der Waals surface area contributed by atoms with Gasteiger partial charge in [-0.05, 0) is 17.5 Å². The van der Waals surface area contributed by atoms with E-state index in [0.29, 0.717) is 23.4 Å². The van der Waals surface area contributed by atoms with Gasteiger partial charge in [-0.2, -0.15) is 0 Å². The smallest absolute Gasteiger partial charge is 0.332 e. The maximum atomic E-state index is 14.0. The summed E-state index contributed by atoms with van der Waals surface area (Å²) in [6, 6.07) is 7.58. The van der Waals surface area contributed by atoms with Gasteiger partial charge in [0.1, 0.15) is 17.1 Å². The molecule has 0 aliphatic carbocycles. The number of fused-ring (bicyclic) bond motifs is 1. The third kappa shape index (κ3) is 3.99. The van der Waals surface area contributed by atoms with E-state index in [2.05, 4.69) is 5.32 Å². The van der Waals surface area contributed by atoms with Crippen molar-refractivity contribution in [2.24, 2.45) is 0 Å². The van der Waals surface area contributed by atoms with Crippen molar-refractivity contribution in [3.8, 4) is 0 Å². The first-order valence-electron chi connectivity index (χ1n) is 8.23. The lowest BCUT2D eigenvalue weighted by Gasteiger charge is -2.12. The molecule has 2 aromatic heterocycles. The summed E-state index contributed by atoms with van der Waals surface area (Å²) in [6.07, 6.45) is 0. The van der Waals surface area contributed by atoms with Gasteiger partial charge in [-0.15, -0.1) is 11.3 Å². The summed E-state index contributed by atoms with van der Waals surface area (Å²) < 4.78 is 21.4. The summed E-state index contributed by atoms with van der Waals surface area (Å²) in [6.45, 7) is 0.212. The molecule has 9 heteroatoms. The van der Waals surface area contributed by atoms with Crippen LogP contribution in [0.15, 0.2) is 45.3 Å². The van der Waals surface area contributed by atoms with Crippen molar-refractivity contribution >= 4 is 27.5 Å². The van der Waals surface area contributed by atoms with Crippen molar-refractivity contribution in [2.45, 2.75) is 13.1 Å². The zero-order chi connectivity index (χ0) is 19.4. The average molecular weight is 391 g/mol. The molecule has 0 aliphatic heterocycles. The summed E-state index contributed by atoms with van der Waals surface area (Å²) in [5.74, 6) is -0.878. The number of rotatable bonds is 7. The minimum Gasteiger partial charge on any atom is -0.383 e. The Morgan fingerprint density at radius 3 is 2.74 bits per heavy atom. The third-order valence-corrected chi connectivity index (χ3v) is 4.94. The molecule has 3 rings (SSSR count). The van der Waals surface area contributed by atoms with Crippen LogP contribution in [0.2, 0.25) is 0 Å². The van der Waals surface area contributed by atoms with E-state index >= 15 is 0 Å². The van der Waals surface area contributed by atoms with E-state index in [0.717, 1.165) is 4.57 Å². The van der Waals surface area contributed by atoms with E-state index in [1.54, 1.807) is 17.5 Å². The summed E-state index contributed by atoms with van der Waals surface area (Å²) in [5.41, 5.74) is -0.536. The highest BCUT2D eigenvalue weighted by molar-refractivity contribution is 7.17. The molecule has 142 valence electrons. The Morgan fingerprint density at radius 2 is 2.00 bits per heavy atom. The van der Waals surface area contributed by atoms with Crippen molar-refractivity contribution in [3.63, 3.8) is 0 Å².